The molecule has 5 nitrogen and oxygen atoms in total. The molecule has 0 radical (unpaired) electrons. The van der Waals surface area contributed by atoms with Gasteiger partial charge in [-0.25, -0.2) is 13.2 Å². The van der Waals surface area contributed by atoms with Crippen LogP contribution in [0.15, 0.2) is 59.5 Å². The minimum atomic E-state index is -3.73. The zero-order chi connectivity index (χ0) is 16.2. The second kappa shape index (κ2) is 6.64. The predicted molar refractivity (Wildman–Crippen MR) is 85.4 cm³/mol. The fourth-order valence-corrected chi connectivity index (χ4v) is 2.93. The van der Waals surface area contributed by atoms with Crippen LogP contribution in [-0.2, 0) is 14.8 Å². The molecule has 114 valence electrons. The van der Waals surface area contributed by atoms with E-state index in [0.29, 0.717) is 16.3 Å². The molecule has 0 aliphatic rings. The van der Waals surface area contributed by atoms with E-state index in [1.807, 2.05) is 0 Å². The molecule has 2 aromatic carbocycles. The molecule has 7 heteroatoms. The van der Waals surface area contributed by atoms with E-state index in [1.165, 1.54) is 36.4 Å². The van der Waals surface area contributed by atoms with Gasteiger partial charge in [-0.1, -0.05) is 29.8 Å². The molecule has 0 unspecified atom stereocenters. The number of halogens is 1. The normalized spacial score (nSPS) is 11.5. The number of hydrogen-bond donors (Lipinski definition) is 2. The van der Waals surface area contributed by atoms with Gasteiger partial charge in [-0.3, -0.25) is 4.72 Å². The number of anilines is 1. The van der Waals surface area contributed by atoms with Gasteiger partial charge in [0.25, 0.3) is 10.0 Å². The van der Waals surface area contributed by atoms with Crippen LogP contribution in [-0.4, -0.2) is 19.5 Å². The van der Waals surface area contributed by atoms with E-state index in [1.54, 1.807) is 18.2 Å². The van der Waals surface area contributed by atoms with Crippen molar-refractivity contribution in [3.63, 3.8) is 0 Å². The molecule has 0 saturated carbocycles. The number of carboxylic acids is 1. The Morgan fingerprint density at radius 3 is 2.41 bits per heavy atom. The van der Waals surface area contributed by atoms with Crippen LogP contribution in [0.5, 0.6) is 0 Å². The summed E-state index contributed by atoms with van der Waals surface area (Å²) in [6.45, 7) is 0. The fraction of sp³-hybridized carbons (Fsp3) is 0. The summed E-state index contributed by atoms with van der Waals surface area (Å²) in [5.74, 6) is -1.07. The Hall–Kier alpha value is -2.31. The third-order valence-electron chi connectivity index (χ3n) is 2.69. The molecule has 0 aliphatic heterocycles. The summed E-state index contributed by atoms with van der Waals surface area (Å²) in [6.07, 6.45) is 2.36. The lowest BCUT2D eigenvalue weighted by Crippen LogP contribution is -2.12. The van der Waals surface area contributed by atoms with E-state index in [9.17, 15) is 13.2 Å². The number of hydrogen-bond acceptors (Lipinski definition) is 3. The van der Waals surface area contributed by atoms with Crippen molar-refractivity contribution < 1.29 is 18.3 Å². The smallest absolute Gasteiger partial charge is 0.328 e. The Bertz CT molecular complexity index is 814. The Morgan fingerprint density at radius 1 is 1.14 bits per heavy atom. The summed E-state index contributed by atoms with van der Waals surface area (Å²) >= 11 is 5.81. The van der Waals surface area contributed by atoms with Crippen LogP contribution in [0.3, 0.4) is 0 Å². The highest BCUT2D eigenvalue weighted by atomic mass is 35.5. The highest BCUT2D eigenvalue weighted by molar-refractivity contribution is 7.92. The van der Waals surface area contributed by atoms with E-state index < -0.39 is 16.0 Å². The van der Waals surface area contributed by atoms with E-state index in [4.69, 9.17) is 16.7 Å². The molecule has 2 rings (SSSR count). The lowest BCUT2D eigenvalue weighted by atomic mass is 10.2. The van der Waals surface area contributed by atoms with Gasteiger partial charge in [-0.15, -0.1) is 0 Å². The van der Waals surface area contributed by atoms with Crippen LogP contribution >= 0.6 is 11.6 Å². The number of carboxylic acid groups (broad SMARTS) is 1. The Balaban J connectivity index is 2.21. The second-order valence-corrected chi connectivity index (χ2v) is 6.48. The first kappa shape index (κ1) is 16.1. The van der Waals surface area contributed by atoms with Crippen molar-refractivity contribution in [2.45, 2.75) is 4.90 Å². The average molecular weight is 338 g/mol. The number of carbonyl (C=O) groups is 1. The molecule has 2 aromatic rings. The molecule has 0 amide bonds. The van der Waals surface area contributed by atoms with Crippen molar-refractivity contribution in [1.82, 2.24) is 0 Å². The zero-order valence-corrected chi connectivity index (χ0v) is 12.8. The third-order valence-corrected chi connectivity index (χ3v) is 4.32. The zero-order valence-electron chi connectivity index (χ0n) is 11.2. The average Bonchev–Trinajstić information content (AvgIpc) is 2.45. The van der Waals surface area contributed by atoms with Gasteiger partial charge in [-0.2, -0.15) is 0 Å². The molecule has 0 spiro atoms. The summed E-state index contributed by atoms with van der Waals surface area (Å²) in [7, 11) is -3.73. The maximum atomic E-state index is 12.2. The monoisotopic (exact) mass is 337 g/mol. The van der Waals surface area contributed by atoms with Gasteiger partial charge in [0.2, 0.25) is 0 Å². The lowest BCUT2D eigenvalue weighted by molar-refractivity contribution is -0.131. The predicted octanol–water partition coefficient (Wildman–Crippen LogP) is 3.24. The molecule has 0 heterocycles. The number of rotatable bonds is 5. The largest absolute Gasteiger partial charge is 0.478 e. The van der Waals surface area contributed by atoms with E-state index in [0.717, 1.165) is 6.08 Å². The number of benzene rings is 2. The van der Waals surface area contributed by atoms with Gasteiger partial charge in [0, 0.05) is 11.1 Å². The minimum absolute atomic E-state index is 0.0694. The molecule has 0 bridgehead atoms. The summed E-state index contributed by atoms with van der Waals surface area (Å²) in [4.78, 5) is 10.5. The minimum Gasteiger partial charge on any atom is -0.478 e. The van der Waals surface area contributed by atoms with E-state index in [-0.39, 0.29) is 4.90 Å². The molecule has 0 fully saturated rings. The van der Waals surface area contributed by atoms with E-state index in [2.05, 4.69) is 4.72 Å². The van der Waals surface area contributed by atoms with Crippen molar-refractivity contribution in [2.75, 3.05) is 4.72 Å². The number of sulfonamides is 1. The van der Waals surface area contributed by atoms with Crippen LogP contribution in [0.2, 0.25) is 5.02 Å². The van der Waals surface area contributed by atoms with Crippen LogP contribution in [0.4, 0.5) is 5.69 Å². The van der Waals surface area contributed by atoms with Crippen molar-refractivity contribution >= 4 is 39.4 Å². The van der Waals surface area contributed by atoms with Crippen LogP contribution < -0.4 is 4.72 Å². The topological polar surface area (TPSA) is 83.5 Å². The molecule has 0 aromatic heterocycles. The Kier molecular flexibility index (Phi) is 4.85. The summed E-state index contributed by atoms with van der Waals surface area (Å²) < 4.78 is 26.9. The van der Waals surface area contributed by atoms with Gasteiger partial charge in [-0.05, 0) is 42.0 Å². The SMILES string of the molecule is O=C(O)/C=C/c1ccc(S(=O)(=O)Nc2cccc(Cl)c2)cc1. The van der Waals surface area contributed by atoms with Crippen LogP contribution in [0.25, 0.3) is 6.08 Å². The summed E-state index contributed by atoms with van der Waals surface area (Å²) in [5, 5.41) is 8.97. The summed E-state index contributed by atoms with van der Waals surface area (Å²) in [6, 6.07) is 12.2. The van der Waals surface area contributed by atoms with E-state index >= 15 is 0 Å². The fourth-order valence-electron chi connectivity index (χ4n) is 1.69. The molecule has 22 heavy (non-hydrogen) atoms. The van der Waals surface area contributed by atoms with Crippen LogP contribution in [0, 0.1) is 0 Å². The van der Waals surface area contributed by atoms with Gasteiger partial charge >= 0.3 is 5.97 Å². The van der Waals surface area contributed by atoms with Crippen molar-refractivity contribution in [3.8, 4) is 0 Å². The summed E-state index contributed by atoms with van der Waals surface area (Å²) in [5.41, 5.74) is 0.950. The first-order valence-corrected chi connectivity index (χ1v) is 8.02. The van der Waals surface area contributed by atoms with Crippen molar-refractivity contribution in [3.05, 3.63) is 65.2 Å². The van der Waals surface area contributed by atoms with Crippen molar-refractivity contribution in [1.29, 1.82) is 0 Å². The quantitative estimate of drug-likeness (QED) is 0.820. The van der Waals surface area contributed by atoms with Crippen molar-refractivity contribution in [2.24, 2.45) is 0 Å². The third kappa shape index (κ3) is 4.34. The standard InChI is InChI=1S/C15H12ClNO4S/c16-12-2-1-3-13(10-12)17-22(20,21)14-7-4-11(5-8-14)6-9-15(18)19/h1-10,17H,(H,18,19)/b9-6+. The van der Waals surface area contributed by atoms with Gasteiger partial charge in [0.15, 0.2) is 0 Å². The second-order valence-electron chi connectivity index (χ2n) is 4.36. The molecule has 0 saturated heterocycles. The molecule has 0 aliphatic carbocycles. The highest BCUT2D eigenvalue weighted by Crippen LogP contribution is 2.20. The Labute approximate surface area is 132 Å². The Morgan fingerprint density at radius 2 is 1.82 bits per heavy atom. The maximum absolute atomic E-state index is 12.2. The number of aliphatic carboxylic acids is 1. The van der Waals surface area contributed by atoms with Crippen LogP contribution in [0.1, 0.15) is 5.56 Å². The number of nitrogens with one attached hydrogen (secondary N) is 1. The molecule has 0 atom stereocenters. The van der Waals surface area contributed by atoms with Gasteiger partial charge in [0.05, 0.1) is 10.6 Å². The highest BCUT2D eigenvalue weighted by Gasteiger charge is 2.13. The first-order chi connectivity index (χ1) is 10.4. The maximum Gasteiger partial charge on any atom is 0.328 e. The van der Waals surface area contributed by atoms with Gasteiger partial charge in [0.1, 0.15) is 0 Å². The lowest BCUT2D eigenvalue weighted by Gasteiger charge is -2.08. The molecular formula is C15H12ClNO4S. The molecular weight excluding hydrogens is 326 g/mol. The first-order valence-electron chi connectivity index (χ1n) is 6.16. The van der Waals surface area contributed by atoms with Gasteiger partial charge < -0.3 is 5.11 Å². The molecule has 2 N–H and O–H groups in total.